The first kappa shape index (κ1) is 14.0. The van der Waals surface area contributed by atoms with E-state index in [1.165, 1.54) is 27.7 Å². The van der Waals surface area contributed by atoms with Crippen LogP contribution in [0.25, 0.3) is 10.9 Å². The molecular formula is C18H20N2OS. The predicted molar refractivity (Wildman–Crippen MR) is 91.3 cm³/mol. The number of thiophene rings is 1. The number of aryl methyl sites for hydroxylation is 1. The van der Waals surface area contributed by atoms with Gasteiger partial charge >= 0.3 is 0 Å². The van der Waals surface area contributed by atoms with E-state index in [0.29, 0.717) is 6.54 Å². The first-order valence-electron chi connectivity index (χ1n) is 7.75. The van der Waals surface area contributed by atoms with E-state index in [1.54, 1.807) is 11.3 Å². The van der Waals surface area contributed by atoms with Crippen molar-refractivity contribution in [2.45, 2.75) is 26.0 Å². The molecule has 0 saturated heterocycles. The minimum Gasteiger partial charge on any atom is -0.386 e. The van der Waals surface area contributed by atoms with Crippen LogP contribution in [-0.4, -0.2) is 28.1 Å². The molecule has 1 aliphatic rings. The summed E-state index contributed by atoms with van der Waals surface area (Å²) in [4.78, 5) is 7.02. The fourth-order valence-electron chi connectivity index (χ4n) is 3.41. The lowest BCUT2D eigenvalue weighted by Crippen LogP contribution is -2.33. The molecule has 2 aromatic heterocycles. The molecular weight excluding hydrogens is 292 g/mol. The van der Waals surface area contributed by atoms with Gasteiger partial charge in [-0.2, -0.15) is 0 Å². The van der Waals surface area contributed by atoms with Crippen LogP contribution in [0.15, 0.2) is 35.7 Å². The molecule has 2 N–H and O–H groups in total. The van der Waals surface area contributed by atoms with Crippen molar-refractivity contribution in [2.75, 3.05) is 13.1 Å². The standard InChI is InChI=1S/C18H20N2OS/c1-12-4-2-5-13-14-10-20(8-7-15(14)19-18(12)13)11-16(21)17-6-3-9-22-17/h2-6,9,16,19,21H,7-8,10-11H2,1H3/t16-/m0/s1. The number of H-pyrrole nitrogens is 1. The van der Waals surface area contributed by atoms with Crippen LogP contribution in [0.1, 0.15) is 27.8 Å². The summed E-state index contributed by atoms with van der Waals surface area (Å²) in [5.41, 5.74) is 5.35. The largest absolute Gasteiger partial charge is 0.386 e. The molecule has 4 heteroatoms. The van der Waals surface area contributed by atoms with E-state index in [-0.39, 0.29) is 6.10 Å². The van der Waals surface area contributed by atoms with Gasteiger partial charge in [-0.15, -0.1) is 11.3 Å². The molecule has 3 nitrogen and oxygen atoms in total. The lowest BCUT2D eigenvalue weighted by molar-refractivity contribution is 0.108. The van der Waals surface area contributed by atoms with Crippen molar-refractivity contribution < 1.29 is 5.11 Å². The third-order valence-electron chi connectivity index (χ3n) is 4.60. The van der Waals surface area contributed by atoms with Gasteiger partial charge < -0.3 is 10.1 Å². The number of nitrogens with one attached hydrogen (secondary N) is 1. The molecule has 1 atom stereocenters. The Hall–Kier alpha value is -1.62. The summed E-state index contributed by atoms with van der Waals surface area (Å²) < 4.78 is 0. The van der Waals surface area contributed by atoms with Crippen LogP contribution in [0.3, 0.4) is 0 Å². The maximum atomic E-state index is 10.4. The highest BCUT2D eigenvalue weighted by Crippen LogP contribution is 2.30. The van der Waals surface area contributed by atoms with Crippen LogP contribution >= 0.6 is 11.3 Å². The highest BCUT2D eigenvalue weighted by Gasteiger charge is 2.23. The van der Waals surface area contributed by atoms with Crippen molar-refractivity contribution in [2.24, 2.45) is 0 Å². The molecule has 22 heavy (non-hydrogen) atoms. The van der Waals surface area contributed by atoms with Crippen LogP contribution in [0, 0.1) is 6.92 Å². The van der Waals surface area contributed by atoms with Gasteiger partial charge in [0.2, 0.25) is 0 Å². The zero-order valence-corrected chi connectivity index (χ0v) is 13.5. The average molecular weight is 312 g/mol. The minimum atomic E-state index is -0.381. The first-order chi connectivity index (χ1) is 10.7. The quantitative estimate of drug-likeness (QED) is 0.775. The van der Waals surface area contributed by atoms with Crippen molar-refractivity contribution in [1.29, 1.82) is 0 Å². The summed E-state index contributed by atoms with van der Waals surface area (Å²) in [5.74, 6) is 0. The Kier molecular flexibility index (Phi) is 3.53. The Balaban J connectivity index is 1.58. The average Bonchev–Trinajstić information content (AvgIpc) is 3.15. The predicted octanol–water partition coefficient (Wildman–Crippen LogP) is 3.63. The normalized spacial score (nSPS) is 16.8. The van der Waals surface area contributed by atoms with Crippen molar-refractivity contribution in [3.8, 4) is 0 Å². The fourth-order valence-corrected chi connectivity index (χ4v) is 4.11. The molecule has 114 valence electrons. The SMILES string of the molecule is Cc1cccc2c3c([nH]c12)CCN(C[C@H](O)c1cccs1)C3. The smallest absolute Gasteiger partial charge is 0.101 e. The number of aliphatic hydroxyl groups is 1. The number of β-amino-alcohol motifs (C(OH)–C–C–N with tert-alkyl or cyclic N) is 1. The van der Waals surface area contributed by atoms with Crippen LogP contribution in [0.5, 0.6) is 0 Å². The third kappa shape index (κ3) is 2.37. The second kappa shape index (κ2) is 5.54. The number of hydrogen-bond acceptors (Lipinski definition) is 3. The van der Waals surface area contributed by atoms with Crippen LogP contribution in [0.4, 0.5) is 0 Å². The van der Waals surface area contributed by atoms with Crippen molar-refractivity contribution in [1.82, 2.24) is 9.88 Å². The van der Waals surface area contributed by atoms with Gasteiger partial charge in [0.15, 0.2) is 0 Å². The molecule has 4 rings (SSSR count). The highest BCUT2D eigenvalue weighted by molar-refractivity contribution is 7.10. The zero-order valence-electron chi connectivity index (χ0n) is 12.7. The molecule has 0 unspecified atom stereocenters. The topological polar surface area (TPSA) is 39.3 Å². The molecule has 0 spiro atoms. The van der Waals surface area contributed by atoms with Crippen LogP contribution < -0.4 is 0 Å². The molecule has 1 aromatic carbocycles. The lowest BCUT2D eigenvalue weighted by Gasteiger charge is -2.28. The number of rotatable bonds is 3. The molecule has 0 aliphatic carbocycles. The van der Waals surface area contributed by atoms with Crippen LogP contribution in [-0.2, 0) is 13.0 Å². The third-order valence-corrected chi connectivity index (χ3v) is 5.57. The van der Waals surface area contributed by atoms with Gasteiger partial charge in [-0.1, -0.05) is 24.3 Å². The summed E-state index contributed by atoms with van der Waals surface area (Å²) in [6.07, 6.45) is 0.647. The Labute approximate surface area is 134 Å². The number of fused-ring (bicyclic) bond motifs is 3. The molecule has 0 saturated carbocycles. The van der Waals surface area contributed by atoms with Gasteiger partial charge in [-0.25, -0.2) is 0 Å². The molecule has 0 radical (unpaired) electrons. The summed E-state index contributed by atoms with van der Waals surface area (Å²) >= 11 is 1.63. The molecule has 0 fully saturated rings. The molecule has 0 amide bonds. The fraction of sp³-hybridized carbons (Fsp3) is 0.333. The number of aromatic nitrogens is 1. The summed E-state index contributed by atoms with van der Waals surface area (Å²) in [7, 11) is 0. The Morgan fingerprint density at radius 3 is 3.05 bits per heavy atom. The van der Waals surface area contributed by atoms with Crippen molar-refractivity contribution in [3.63, 3.8) is 0 Å². The van der Waals surface area contributed by atoms with Gasteiger partial charge in [-0.05, 0) is 29.5 Å². The number of nitrogens with zero attached hydrogens (tertiary/aromatic N) is 1. The highest BCUT2D eigenvalue weighted by atomic mass is 32.1. The Morgan fingerprint density at radius 2 is 2.23 bits per heavy atom. The molecule has 3 heterocycles. The number of para-hydroxylation sites is 1. The van der Waals surface area contributed by atoms with E-state index >= 15 is 0 Å². The maximum absolute atomic E-state index is 10.4. The maximum Gasteiger partial charge on any atom is 0.101 e. The molecule has 0 bridgehead atoms. The van der Waals surface area contributed by atoms with Crippen molar-refractivity contribution >= 4 is 22.2 Å². The summed E-state index contributed by atoms with van der Waals surface area (Å²) in [5, 5.41) is 13.7. The monoisotopic (exact) mass is 312 g/mol. The zero-order chi connectivity index (χ0) is 15.1. The van der Waals surface area contributed by atoms with Gasteiger partial charge in [0.05, 0.1) is 0 Å². The first-order valence-corrected chi connectivity index (χ1v) is 8.63. The van der Waals surface area contributed by atoms with E-state index in [1.807, 2.05) is 17.5 Å². The minimum absolute atomic E-state index is 0.381. The molecule has 3 aromatic rings. The van der Waals surface area contributed by atoms with Gasteiger partial charge in [-0.3, -0.25) is 4.90 Å². The van der Waals surface area contributed by atoms with E-state index < -0.39 is 0 Å². The number of aliphatic hydroxyl groups excluding tert-OH is 1. The van der Waals surface area contributed by atoms with Crippen LogP contribution in [0.2, 0.25) is 0 Å². The van der Waals surface area contributed by atoms with Gasteiger partial charge in [0, 0.05) is 47.5 Å². The number of benzene rings is 1. The Bertz CT molecular complexity index is 791. The van der Waals surface area contributed by atoms with Crippen molar-refractivity contribution in [3.05, 3.63) is 57.4 Å². The Morgan fingerprint density at radius 1 is 1.32 bits per heavy atom. The van der Waals surface area contributed by atoms with Gasteiger partial charge in [0.1, 0.15) is 6.10 Å². The van der Waals surface area contributed by atoms with E-state index in [9.17, 15) is 5.11 Å². The van der Waals surface area contributed by atoms with Gasteiger partial charge in [0.25, 0.3) is 0 Å². The number of aromatic amines is 1. The van der Waals surface area contributed by atoms with E-state index in [0.717, 1.165) is 24.4 Å². The van der Waals surface area contributed by atoms with E-state index in [2.05, 4.69) is 35.0 Å². The second-order valence-corrected chi connectivity index (χ2v) is 7.08. The number of hydrogen-bond donors (Lipinski definition) is 2. The lowest BCUT2D eigenvalue weighted by atomic mass is 10.0. The van der Waals surface area contributed by atoms with E-state index in [4.69, 9.17) is 0 Å². The second-order valence-electron chi connectivity index (χ2n) is 6.10. The molecule has 1 aliphatic heterocycles. The summed E-state index contributed by atoms with van der Waals surface area (Å²) in [6.45, 7) is 4.78. The summed E-state index contributed by atoms with van der Waals surface area (Å²) in [6, 6.07) is 10.5.